The van der Waals surface area contributed by atoms with E-state index in [1.165, 1.54) is 87.0 Å². The minimum absolute atomic E-state index is 0.175. The van der Waals surface area contributed by atoms with Crippen LogP contribution >= 0.6 is 0 Å². The van der Waals surface area contributed by atoms with E-state index < -0.39 is 11.9 Å². The number of esters is 2. The van der Waals surface area contributed by atoms with Gasteiger partial charge in [0.2, 0.25) is 0 Å². The molecule has 0 atom stereocenters. The predicted octanol–water partition coefficient (Wildman–Crippen LogP) is 1.58. The summed E-state index contributed by atoms with van der Waals surface area (Å²) in [6.45, 7) is 0.709. The number of amides is 4. The SMILES string of the molecule is COC(=O)c1ccc(C(=O)NCCNC(=O)c2ccc(C(=O)NCCNC(=O)c3ccc(C(=O)OC)cc3)cc2)cc1. The van der Waals surface area contributed by atoms with Gasteiger partial charge in [0.05, 0.1) is 25.3 Å². The minimum Gasteiger partial charge on any atom is -0.465 e. The molecule has 0 heterocycles. The predicted molar refractivity (Wildman–Crippen MR) is 151 cm³/mol. The van der Waals surface area contributed by atoms with Gasteiger partial charge in [-0.05, 0) is 72.8 Å². The zero-order valence-electron chi connectivity index (χ0n) is 23.0. The second-order valence-corrected chi connectivity index (χ2v) is 8.74. The molecule has 0 spiro atoms. The molecule has 12 heteroatoms. The lowest BCUT2D eigenvalue weighted by molar-refractivity contribution is 0.0592. The Bertz CT molecular complexity index is 1330. The Labute approximate surface area is 241 Å². The van der Waals surface area contributed by atoms with Gasteiger partial charge in [0.15, 0.2) is 0 Å². The van der Waals surface area contributed by atoms with Gasteiger partial charge in [0, 0.05) is 48.4 Å². The van der Waals surface area contributed by atoms with Crippen molar-refractivity contribution in [1.29, 1.82) is 0 Å². The number of hydrogen-bond donors (Lipinski definition) is 4. The summed E-state index contributed by atoms with van der Waals surface area (Å²) in [5.74, 6) is -2.46. The van der Waals surface area contributed by atoms with E-state index in [4.69, 9.17) is 0 Å². The van der Waals surface area contributed by atoms with Crippen LogP contribution in [0, 0.1) is 0 Å². The Morgan fingerprint density at radius 3 is 0.786 bits per heavy atom. The van der Waals surface area contributed by atoms with E-state index in [0.29, 0.717) is 33.4 Å². The van der Waals surface area contributed by atoms with Crippen LogP contribution in [0.3, 0.4) is 0 Å². The number of methoxy groups -OCH3 is 2. The zero-order valence-corrected chi connectivity index (χ0v) is 23.0. The molecule has 0 radical (unpaired) electrons. The molecular formula is C30H30N4O8. The second-order valence-electron chi connectivity index (χ2n) is 8.74. The number of carbonyl (C=O) groups is 6. The van der Waals surface area contributed by atoms with Crippen molar-refractivity contribution in [3.05, 3.63) is 106 Å². The van der Waals surface area contributed by atoms with Crippen LogP contribution in [0.4, 0.5) is 0 Å². The smallest absolute Gasteiger partial charge is 0.337 e. The normalized spacial score (nSPS) is 10.1. The van der Waals surface area contributed by atoms with Crippen LogP contribution in [0.2, 0.25) is 0 Å². The lowest BCUT2D eigenvalue weighted by atomic mass is 10.1. The third kappa shape index (κ3) is 8.74. The molecule has 218 valence electrons. The first kappa shape index (κ1) is 31.0. The molecule has 0 saturated heterocycles. The fraction of sp³-hybridized carbons (Fsp3) is 0.200. The van der Waals surface area contributed by atoms with Crippen LogP contribution in [0.15, 0.2) is 72.8 Å². The highest BCUT2D eigenvalue weighted by Crippen LogP contribution is 2.07. The van der Waals surface area contributed by atoms with Crippen molar-refractivity contribution >= 4 is 35.6 Å². The molecule has 0 aromatic heterocycles. The summed E-state index contributed by atoms with van der Waals surface area (Å²) in [6, 6.07) is 18.0. The monoisotopic (exact) mass is 574 g/mol. The van der Waals surface area contributed by atoms with E-state index >= 15 is 0 Å². The lowest BCUT2D eigenvalue weighted by Crippen LogP contribution is -2.35. The van der Waals surface area contributed by atoms with Crippen LogP contribution in [0.1, 0.15) is 62.1 Å². The summed E-state index contributed by atoms with van der Waals surface area (Å²) in [6.07, 6.45) is 0. The Morgan fingerprint density at radius 2 is 0.595 bits per heavy atom. The maximum absolute atomic E-state index is 12.4. The van der Waals surface area contributed by atoms with Gasteiger partial charge in [-0.2, -0.15) is 0 Å². The van der Waals surface area contributed by atoms with Crippen molar-refractivity contribution in [2.24, 2.45) is 0 Å². The Morgan fingerprint density at radius 1 is 0.405 bits per heavy atom. The van der Waals surface area contributed by atoms with Crippen LogP contribution in [0.25, 0.3) is 0 Å². The molecule has 0 aliphatic heterocycles. The van der Waals surface area contributed by atoms with Crippen LogP contribution in [-0.4, -0.2) is 76.0 Å². The molecule has 0 aliphatic carbocycles. The third-order valence-corrected chi connectivity index (χ3v) is 5.94. The van der Waals surface area contributed by atoms with Gasteiger partial charge in [-0.25, -0.2) is 9.59 Å². The summed E-state index contributed by atoms with van der Waals surface area (Å²) in [7, 11) is 2.54. The number of carbonyl (C=O) groups excluding carboxylic acids is 6. The van der Waals surface area contributed by atoms with Gasteiger partial charge >= 0.3 is 11.9 Å². The van der Waals surface area contributed by atoms with Crippen molar-refractivity contribution in [1.82, 2.24) is 21.3 Å². The minimum atomic E-state index is -0.498. The van der Waals surface area contributed by atoms with E-state index in [2.05, 4.69) is 30.7 Å². The molecule has 4 N–H and O–H groups in total. The molecule has 12 nitrogen and oxygen atoms in total. The first-order valence-electron chi connectivity index (χ1n) is 12.8. The number of benzene rings is 3. The molecule has 42 heavy (non-hydrogen) atoms. The first-order valence-corrected chi connectivity index (χ1v) is 12.8. The van der Waals surface area contributed by atoms with Crippen molar-refractivity contribution in [3.63, 3.8) is 0 Å². The summed E-state index contributed by atoms with van der Waals surface area (Å²) in [5.41, 5.74) is 2.05. The molecule has 0 bridgehead atoms. The van der Waals surface area contributed by atoms with E-state index in [1.807, 2.05) is 0 Å². The van der Waals surface area contributed by atoms with Gasteiger partial charge < -0.3 is 30.7 Å². The summed E-state index contributed by atoms with van der Waals surface area (Å²) in [5, 5.41) is 10.7. The Balaban J connectivity index is 1.35. The molecule has 0 unspecified atom stereocenters. The lowest BCUT2D eigenvalue weighted by Gasteiger charge is -2.09. The van der Waals surface area contributed by atoms with Gasteiger partial charge in [-0.1, -0.05) is 0 Å². The van der Waals surface area contributed by atoms with Gasteiger partial charge in [0.25, 0.3) is 23.6 Å². The molecule has 0 fully saturated rings. The molecule has 3 aromatic carbocycles. The van der Waals surface area contributed by atoms with Crippen LogP contribution in [0.5, 0.6) is 0 Å². The highest BCUT2D eigenvalue weighted by atomic mass is 16.5. The Kier molecular flexibility index (Phi) is 11.3. The second kappa shape index (κ2) is 15.3. The van der Waals surface area contributed by atoms with E-state index in [9.17, 15) is 28.8 Å². The quantitative estimate of drug-likeness (QED) is 0.187. The maximum atomic E-state index is 12.4. The molecule has 3 rings (SSSR count). The standard InChI is InChI=1S/C30H30N4O8/c1-41-29(39)23-11-7-21(8-12-23)27(37)33-17-15-31-25(35)19-3-5-20(6-4-19)26(36)32-16-18-34-28(38)22-9-13-24(14-10-22)30(40)42-2/h3-14H,15-18H2,1-2H3,(H,31,35)(H,32,36)(H,33,37)(H,34,38). The summed E-state index contributed by atoms with van der Waals surface area (Å²) >= 11 is 0. The fourth-order valence-electron chi connectivity index (χ4n) is 3.64. The molecule has 0 aliphatic rings. The highest BCUT2D eigenvalue weighted by Gasteiger charge is 2.12. The molecule has 3 aromatic rings. The maximum Gasteiger partial charge on any atom is 0.337 e. The average molecular weight is 575 g/mol. The van der Waals surface area contributed by atoms with Crippen LogP contribution in [-0.2, 0) is 9.47 Å². The van der Waals surface area contributed by atoms with E-state index in [0.717, 1.165) is 0 Å². The number of nitrogens with one attached hydrogen (secondary N) is 4. The summed E-state index contributed by atoms with van der Waals surface area (Å²) in [4.78, 5) is 72.2. The highest BCUT2D eigenvalue weighted by molar-refractivity contribution is 5.99. The van der Waals surface area contributed by atoms with E-state index in [-0.39, 0.29) is 49.8 Å². The number of rotatable bonds is 12. The average Bonchev–Trinajstić information content (AvgIpc) is 3.04. The Hall–Kier alpha value is -5.52. The van der Waals surface area contributed by atoms with Crippen molar-refractivity contribution in [3.8, 4) is 0 Å². The molecular weight excluding hydrogens is 544 g/mol. The topological polar surface area (TPSA) is 169 Å². The van der Waals surface area contributed by atoms with Crippen molar-refractivity contribution in [2.45, 2.75) is 0 Å². The van der Waals surface area contributed by atoms with Gasteiger partial charge in [-0.3, -0.25) is 19.2 Å². The van der Waals surface area contributed by atoms with E-state index in [1.54, 1.807) is 0 Å². The molecule has 4 amide bonds. The third-order valence-electron chi connectivity index (χ3n) is 5.94. The zero-order chi connectivity index (χ0) is 30.5. The van der Waals surface area contributed by atoms with Gasteiger partial charge in [0.1, 0.15) is 0 Å². The van der Waals surface area contributed by atoms with Crippen LogP contribution < -0.4 is 21.3 Å². The van der Waals surface area contributed by atoms with Crippen molar-refractivity contribution in [2.75, 3.05) is 40.4 Å². The first-order chi connectivity index (χ1) is 20.2. The number of hydrogen-bond acceptors (Lipinski definition) is 8. The van der Waals surface area contributed by atoms with Gasteiger partial charge in [-0.15, -0.1) is 0 Å². The van der Waals surface area contributed by atoms with Crippen molar-refractivity contribution < 1.29 is 38.2 Å². The number of ether oxygens (including phenoxy) is 2. The summed E-state index contributed by atoms with van der Waals surface area (Å²) < 4.78 is 9.24. The fourth-order valence-corrected chi connectivity index (χ4v) is 3.64. The molecule has 0 saturated carbocycles. The largest absolute Gasteiger partial charge is 0.465 e.